The summed E-state index contributed by atoms with van der Waals surface area (Å²) in [4.78, 5) is 48.8. The topological polar surface area (TPSA) is 115 Å². The van der Waals surface area contributed by atoms with Crippen LogP contribution in [0.5, 0.6) is 0 Å². The fourth-order valence-corrected chi connectivity index (χ4v) is 3.13. The molecular weight excluding hydrogens is 407 g/mol. The summed E-state index contributed by atoms with van der Waals surface area (Å²) in [6.45, 7) is 0. The highest BCUT2D eigenvalue weighted by atomic mass is 19.1. The number of urea groups is 1. The number of nitrogens with zero attached hydrogens (tertiary/aromatic N) is 3. The van der Waals surface area contributed by atoms with Gasteiger partial charge < -0.3 is 4.57 Å². The zero-order valence-corrected chi connectivity index (χ0v) is 15.7. The Labute approximate surface area is 174 Å². The van der Waals surface area contributed by atoms with Crippen molar-refractivity contribution in [1.29, 1.82) is 0 Å². The third-order valence-electron chi connectivity index (χ3n) is 4.58. The molecular formula is C21H13FN4O5. The maximum atomic E-state index is 13.2. The van der Waals surface area contributed by atoms with E-state index in [2.05, 4.69) is 5.32 Å². The van der Waals surface area contributed by atoms with E-state index in [1.807, 2.05) is 0 Å². The Morgan fingerprint density at radius 2 is 1.71 bits per heavy atom. The molecule has 1 saturated heterocycles. The molecule has 1 aromatic heterocycles. The molecule has 0 spiro atoms. The Morgan fingerprint density at radius 3 is 2.42 bits per heavy atom. The minimum Gasteiger partial charge on any atom is -0.317 e. The molecule has 2 heterocycles. The number of amides is 4. The standard InChI is InChI=1S/C21H13FN4O5/c22-13-6-8-14(9-7-13)25-20(28)18(19(27)23-21(25)29)12-16-5-2-10-24(16)15-3-1-4-17(11-15)26(30)31/h1-12H,(H,23,27,29)/b18-12+. The molecule has 3 aromatic rings. The van der Waals surface area contributed by atoms with Gasteiger partial charge in [0.1, 0.15) is 11.4 Å². The molecule has 1 N–H and O–H groups in total. The van der Waals surface area contributed by atoms with Crippen LogP contribution in [0.25, 0.3) is 11.8 Å². The minimum atomic E-state index is -0.951. The summed E-state index contributed by atoms with van der Waals surface area (Å²) < 4.78 is 14.8. The lowest BCUT2D eigenvalue weighted by molar-refractivity contribution is -0.384. The number of nitro groups is 1. The number of benzene rings is 2. The lowest BCUT2D eigenvalue weighted by atomic mass is 10.1. The van der Waals surface area contributed by atoms with Gasteiger partial charge in [0, 0.05) is 24.0 Å². The van der Waals surface area contributed by atoms with E-state index in [1.165, 1.54) is 36.4 Å². The first-order chi connectivity index (χ1) is 14.8. The largest absolute Gasteiger partial charge is 0.335 e. The van der Waals surface area contributed by atoms with Crippen LogP contribution in [0.4, 0.5) is 20.6 Å². The van der Waals surface area contributed by atoms with Gasteiger partial charge in [0.25, 0.3) is 17.5 Å². The van der Waals surface area contributed by atoms with E-state index in [9.17, 15) is 28.9 Å². The molecule has 10 heteroatoms. The van der Waals surface area contributed by atoms with Crippen LogP contribution in [0.15, 0.2) is 72.4 Å². The lowest BCUT2D eigenvalue weighted by Crippen LogP contribution is -2.54. The molecule has 4 amide bonds. The zero-order chi connectivity index (χ0) is 22.1. The molecule has 31 heavy (non-hydrogen) atoms. The number of hydrogen-bond acceptors (Lipinski definition) is 5. The van der Waals surface area contributed by atoms with Crippen molar-refractivity contribution < 1.29 is 23.7 Å². The second kappa shape index (κ2) is 7.67. The number of hydrogen-bond donors (Lipinski definition) is 1. The Morgan fingerprint density at radius 1 is 0.968 bits per heavy atom. The monoisotopic (exact) mass is 420 g/mol. The Kier molecular flexibility index (Phi) is 4.88. The predicted molar refractivity (Wildman–Crippen MR) is 108 cm³/mol. The highest BCUT2D eigenvalue weighted by Crippen LogP contribution is 2.24. The molecule has 1 aliphatic heterocycles. The number of halogens is 1. The van der Waals surface area contributed by atoms with E-state index in [0.717, 1.165) is 17.0 Å². The van der Waals surface area contributed by atoms with Crippen molar-refractivity contribution >= 4 is 35.3 Å². The van der Waals surface area contributed by atoms with Gasteiger partial charge in [0.15, 0.2) is 0 Å². The molecule has 154 valence electrons. The van der Waals surface area contributed by atoms with E-state index in [-0.39, 0.29) is 16.9 Å². The summed E-state index contributed by atoms with van der Waals surface area (Å²) in [6, 6.07) is 12.8. The van der Waals surface area contributed by atoms with Crippen LogP contribution in [0.2, 0.25) is 0 Å². The second-order valence-electron chi connectivity index (χ2n) is 6.51. The van der Waals surface area contributed by atoms with Crippen molar-refractivity contribution in [2.24, 2.45) is 0 Å². The number of nitro benzene ring substituents is 1. The van der Waals surface area contributed by atoms with Crippen LogP contribution in [0, 0.1) is 15.9 Å². The third-order valence-corrected chi connectivity index (χ3v) is 4.58. The normalized spacial score (nSPS) is 15.3. The molecule has 9 nitrogen and oxygen atoms in total. The summed E-state index contributed by atoms with van der Waals surface area (Å²) in [7, 11) is 0. The summed E-state index contributed by atoms with van der Waals surface area (Å²) in [5.41, 5.74) is 0.476. The van der Waals surface area contributed by atoms with E-state index >= 15 is 0 Å². The maximum absolute atomic E-state index is 13.2. The van der Waals surface area contributed by atoms with Crippen LogP contribution in [0.1, 0.15) is 5.69 Å². The summed E-state index contributed by atoms with van der Waals surface area (Å²) in [6.07, 6.45) is 2.89. The van der Waals surface area contributed by atoms with Crippen LogP contribution in [0.3, 0.4) is 0 Å². The number of carbonyl (C=O) groups is 3. The number of non-ortho nitro benzene ring substituents is 1. The molecule has 0 unspecified atom stereocenters. The zero-order valence-electron chi connectivity index (χ0n) is 15.7. The van der Waals surface area contributed by atoms with Gasteiger partial charge >= 0.3 is 6.03 Å². The number of barbiturate groups is 1. The van der Waals surface area contributed by atoms with Crippen molar-refractivity contribution in [1.82, 2.24) is 9.88 Å². The molecule has 0 bridgehead atoms. The Hall–Kier alpha value is -4.60. The van der Waals surface area contributed by atoms with Crippen molar-refractivity contribution in [3.63, 3.8) is 0 Å². The average Bonchev–Trinajstić information content (AvgIpc) is 3.21. The van der Waals surface area contributed by atoms with E-state index in [1.54, 1.807) is 29.0 Å². The van der Waals surface area contributed by atoms with Gasteiger partial charge in [0.2, 0.25) is 0 Å². The Balaban J connectivity index is 1.74. The number of anilines is 1. The van der Waals surface area contributed by atoms with Gasteiger partial charge in [-0.05, 0) is 48.5 Å². The highest BCUT2D eigenvalue weighted by molar-refractivity contribution is 6.39. The van der Waals surface area contributed by atoms with Gasteiger partial charge in [-0.3, -0.25) is 25.0 Å². The number of nitrogens with one attached hydrogen (secondary N) is 1. The van der Waals surface area contributed by atoms with Crippen LogP contribution < -0.4 is 10.2 Å². The number of rotatable bonds is 4. The summed E-state index contributed by atoms with van der Waals surface area (Å²) in [5, 5.41) is 13.1. The van der Waals surface area contributed by atoms with Gasteiger partial charge in [-0.1, -0.05) is 6.07 Å². The molecule has 0 radical (unpaired) electrons. The number of carbonyl (C=O) groups excluding carboxylic acids is 3. The third kappa shape index (κ3) is 3.69. The molecule has 4 rings (SSSR count). The molecule has 1 fully saturated rings. The lowest BCUT2D eigenvalue weighted by Gasteiger charge is -2.26. The quantitative estimate of drug-likeness (QED) is 0.301. The molecule has 2 aromatic carbocycles. The van der Waals surface area contributed by atoms with Crippen LogP contribution in [-0.2, 0) is 9.59 Å². The first-order valence-corrected chi connectivity index (χ1v) is 8.94. The van der Waals surface area contributed by atoms with Crippen molar-refractivity contribution in [2.75, 3.05) is 4.90 Å². The fraction of sp³-hybridized carbons (Fsp3) is 0. The van der Waals surface area contributed by atoms with E-state index in [0.29, 0.717) is 11.4 Å². The molecule has 0 aliphatic carbocycles. The summed E-state index contributed by atoms with van der Waals surface area (Å²) in [5.74, 6) is -2.32. The van der Waals surface area contributed by atoms with Gasteiger partial charge in [-0.25, -0.2) is 14.1 Å². The maximum Gasteiger partial charge on any atom is 0.335 e. The van der Waals surface area contributed by atoms with Gasteiger partial charge in [0.05, 0.1) is 16.3 Å². The van der Waals surface area contributed by atoms with Crippen LogP contribution in [-0.4, -0.2) is 27.3 Å². The van der Waals surface area contributed by atoms with E-state index in [4.69, 9.17) is 0 Å². The van der Waals surface area contributed by atoms with Crippen molar-refractivity contribution in [3.05, 3.63) is 94.1 Å². The van der Waals surface area contributed by atoms with E-state index < -0.39 is 28.6 Å². The molecule has 0 atom stereocenters. The first kappa shape index (κ1) is 19.7. The smallest absolute Gasteiger partial charge is 0.317 e. The van der Waals surface area contributed by atoms with Gasteiger partial charge in [-0.15, -0.1) is 0 Å². The van der Waals surface area contributed by atoms with Crippen LogP contribution >= 0.6 is 0 Å². The average molecular weight is 420 g/mol. The summed E-state index contributed by atoms with van der Waals surface area (Å²) >= 11 is 0. The van der Waals surface area contributed by atoms with Crippen molar-refractivity contribution in [3.8, 4) is 5.69 Å². The first-order valence-electron chi connectivity index (χ1n) is 8.94. The fourth-order valence-electron chi connectivity index (χ4n) is 3.13. The SMILES string of the molecule is O=C1NC(=O)N(c2ccc(F)cc2)C(=O)/C1=C/c1cccn1-c1cccc([N+](=O)[O-])c1. The van der Waals surface area contributed by atoms with Crippen molar-refractivity contribution in [2.45, 2.75) is 0 Å². The molecule has 0 saturated carbocycles. The Bertz CT molecular complexity index is 1260. The molecule has 1 aliphatic rings. The van der Waals surface area contributed by atoms with Gasteiger partial charge in [-0.2, -0.15) is 0 Å². The second-order valence-corrected chi connectivity index (χ2v) is 6.51. The minimum absolute atomic E-state index is 0.0939. The number of aromatic nitrogens is 1. The highest BCUT2D eigenvalue weighted by Gasteiger charge is 2.37. The predicted octanol–water partition coefficient (Wildman–Crippen LogP) is 3.19. The number of imide groups is 2.